The summed E-state index contributed by atoms with van der Waals surface area (Å²) in [6.07, 6.45) is 0. The third-order valence-electron chi connectivity index (χ3n) is 4.70. The molecule has 154 valence electrons. The molecule has 30 heavy (non-hydrogen) atoms. The van der Waals surface area contributed by atoms with Crippen LogP contribution in [0.3, 0.4) is 0 Å². The van der Waals surface area contributed by atoms with Crippen LogP contribution in [0.5, 0.6) is 0 Å². The molecule has 0 heterocycles. The third-order valence-corrected chi connectivity index (χ3v) is 5.93. The second-order valence-corrected chi connectivity index (χ2v) is 7.88. The van der Waals surface area contributed by atoms with Crippen LogP contribution in [0, 0.1) is 6.92 Å². The van der Waals surface area contributed by atoms with Gasteiger partial charge in [0.1, 0.15) is 5.25 Å². The molecule has 0 N–H and O–H groups in total. The first-order valence-corrected chi connectivity index (χ1v) is 10.6. The lowest BCUT2D eigenvalue weighted by Gasteiger charge is -2.19. The number of rotatable bonds is 7. The van der Waals surface area contributed by atoms with E-state index in [1.165, 1.54) is 18.9 Å². The van der Waals surface area contributed by atoms with Gasteiger partial charge in [-0.1, -0.05) is 42.5 Å². The van der Waals surface area contributed by atoms with E-state index in [4.69, 9.17) is 9.47 Å². The molecule has 3 rings (SSSR count). The molecular weight excluding hydrogens is 396 g/mol. The average molecular weight is 421 g/mol. The van der Waals surface area contributed by atoms with Gasteiger partial charge in [-0.3, -0.25) is 4.79 Å². The van der Waals surface area contributed by atoms with Crippen LogP contribution < -0.4 is 0 Å². The molecule has 0 radical (unpaired) electrons. The summed E-state index contributed by atoms with van der Waals surface area (Å²) in [7, 11) is 1.36. The average Bonchev–Trinajstić information content (AvgIpc) is 2.78. The summed E-state index contributed by atoms with van der Waals surface area (Å²) >= 11 is 1.48. The van der Waals surface area contributed by atoms with E-state index in [2.05, 4.69) is 0 Å². The number of esters is 2. The number of aryl methyl sites for hydroxylation is 1. The van der Waals surface area contributed by atoms with Crippen molar-refractivity contribution in [3.05, 3.63) is 89.5 Å². The van der Waals surface area contributed by atoms with Crippen LogP contribution in [0.4, 0.5) is 0 Å². The van der Waals surface area contributed by atoms with Crippen LogP contribution in [0.15, 0.2) is 77.7 Å². The van der Waals surface area contributed by atoms with Crippen molar-refractivity contribution in [2.75, 3.05) is 13.7 Å². The minimum Gasteiger partial charge on any atom is -0.465 e. The van der Waals surface area contributed by atoms with Gasteiger partial charge in [0, 0.05) is 4.90 Å². The molecule has 0 bridgehead atoms. The maximum atomic E-state index is 12.8. The van der Waals surface area contributed by atoms with Crippen molar-refractivity contribution >= 4 is 23.7 Å². The van der Waals surface area contributed by atoms with Gasteiger partial charge in [-0.15, -0.1) is 11.8 Å². The molecule has 0 fully saturated rings. The molecule has 0 saturated heterocycles. The van der Waals surface area contributed by atoms with Gasteiger partial charge in [0.25, 0.3) is 0 Å². The summed E-state index contributed by atoms with van der Waals surface area (Å²) in [5, 5.41) is -0.471. The van der Waals surface area contributed by atoms with Crippen molar-refractivity contribution < 1.29 is 19.1 Å². The molecule has 5 heteroatoms. The quantitative estimate of drug-likeness (QED) is 0.355. The highest BCUT2D eigenvalue weighted by molar-refractivity contribution is 8.00. The Morgan fingerprint density at radius 3 is 2.23 bits per heavy atom. The first kappa shape index (κ1) is 21.7. The van der Waals surface area contributed by atoms with Gasteiger partial charge in [0.2, 0.25) is 0 Å². The molecule has 0 aromatic heterocycles. The van der Waals surface area contributed by atoms with Crippen LogP contribution in [-0.4, -0.2) is 25.7 Å². The van der Waals surface area contributed by atoms with Crippen LogP contribution >= 0.6 is 11.8 Å². The lowest BCUT2D eigenvalue weighted by atomic mass is 9.97. The number of hydrogen-bond donors (Lipinski definition) is 0. The van der Waals surface area contributed by atoms with Crippen molar-refractivity contribution in [2.24, 2.45) is 0 Å². The normalized spacial score (nSPS) is 11.6. The molecular formula is C25H24O4S. The highest BCUT2D eigenvalue weighted by Crippen LogP contribution is 2.39. The van der Waals surface area contributed by atoms with Crippen molar-refractivity contribution in [1.29, 1.82) is 0 Å². The van der Waals surface area contributed by atoms with E-state index in [9.17, 15) is 9.59 Å². The van der Waals surface area contributed by atoms with E-state index in [1.807, 2.05) is 74.5 Å². The van der Waals surface area contributed by atoms with E-state index in [-0.39, 0.29) is 11.9 Å². The van der Waals surface area contributed by atoms with E-state index in [1.54, 1.807) is 12.1 Å². The van der Waals surface area contributed by atoms with Gasteiger partial charge in [0.15, 0.2) is 0 Å². The largest absolute Gasteiger partial charge is 0.465 e. The van der Waals surface area contributed by atoms with Gasteiger partial charge < -0.3 is 9.47 Å². The van der Waals surface area contributed by atoms with Gasteiger partial charge in [0.05, 0.1) is 19.3 Å². The number of carbonyl (C=O) groups is 2. The van der Waals surface area contributed by atoms with Crippen LogP contribution in [0.2, 0.25) is 0 Å². The number of methoxy groups -OCH3 is 1. The fraction of sp³-hybridized carbons (Fsp3) is 0.200. The highest BCUT2D eigenvalue weighted by atomic mass is 32.2. The second-order valence-electron chi connectivity index (χ2n) is 6.70. The Kier molecular flexibility index (Phi) is 7.31. The molecule has 0 aliphatic rings. The minimum absolute atomic E-state index is 0.257. The zero-order valence-electron chi connectivity index (χ0n) is 17.3. The molecule has 0 aliphatic heterocycles. The molecule has 3 aromatic carbocycles. The van der Waals surface area contributed by atoms with Crippen molar-refractivity contribution in [1.82, 2.24) is 0 Å². The smallest absolute Gasteiger partial charge is 0.337 e. The first-order valence-electron chi connectivity index (χ1n) is 9.71. The molecule has 0 spiro atoms. The third kappa shape index (κ3) is 5.10. The standard InChI is InChI=1S/C25H24O4S/c1-4-29-25(27)23(30-21-8-6-5-7-9-21)22-16-20(11-10-17(22)2)18-12-14-19(15-13-18)24(26)28-3/h5-16,23H,4H2,1-3H3. The lowest BCUT2D eigenvalue weighted by molar-refractivity contribution is -0.142. The van der Waals surface area contributed by atoms with Crippen LogP contribution in [-0.2, 0) is 14.3 Å². The Morgan fingerprint density at radius 2 is 1.60 bits per heavy atom. The van der Waals surface area contributed by atoms with Crippen molar-refractivity contribution in [3.8, 4) is 11.1 Å². The minimum atomic E-state index is -0.471. The molecule has 0 saturated carbocycles. The predicted octanol–water partition coefficient (Wildman–Crippen LogP) is 5.85. The van der Waals surface area contributed by atoms with Gasteiger partial charge in [-0.05, 0) is 66.4 Å². The number of benzene rings is 3. The van der Waals surface area contributed by atoms with E-state index in [0.717, 1.165) is 27.1 Å². The Bertz CT molecular complexity index is 1010. The monoisotopic (exact) mass is 420 g/mol. The lowest BCUT2D eigenvalue weighted by Crippen LogP contribution is -2.14. The maximum absolute atomic E-state index is 12.8. The van der Waals surface area contributed by atoms with E-state index < -0.39 is 5.25 Å². The van der Waals surface area contributed by atoms with E-state index >= 15 is 0 Å². The van der Waals surface area contributed by atoms with Gasteiger partial charge in [-0.25, -0.2) is 4.79 Å². The summed E-state index contributed by atoms with van der Waals surface area (Å²) in [6, 6.07) is 23.1. The van der Waals surface area contributed by atoms with Gasteiger partial charge >= 0.3 is 11.9 Å². The summed E-state index contributed by atoms with van der Waals surface area (Å²) < 4.78 is 10.1. The molecule has 4 nitrogen and oxygen atoms in total. The summed E-state index contributed by atoms with van der Waals surface area (Å²) in [4.78, 5) is 25.5. The molecule has 0 aliphatic carbocycles. The highest BCUT2D eigenvalue weighted by Gasteiger charge is 2.25. The number of hydrogen-bond acceptors (Lipinski definition) is 5. The topological polar surface area (TPSA) is 52.6 Å². The summed E-state index contributed by atoms with van der Waals surface area (Å²) in [5.74, 6) is -0.625. The van der Waals surface area contributed by atoms with Crippen molar-refractivity contribution in [2.45, 2.75) is 24.0 Å². The zero-order chi connectivity index (χ0) is 21.5. The molecule has 3 aromatic rings. The Hall–Kier alpha value is -3.05. The molecule has 1 atom stereocenters. The fourth-order valence-electron chi connectivity index (χ4n) is 3.11. The van der Waals surface area contributed by atoms with Crippen molar-refractivity contribution in [3.63, 3.8) is 0 Å². The molecule has 1 unspecified atom stereocenters. The first-order chi connectivity index (χ1) is 14.5. The SMILES string of the molecule is CCOC(=O)C(Sc1ccccc1)c1cc(-c2ccc(C(=O)OC)cc2)ccc1C. The number of carbonyl (C=O) groups excluding carboxylic acids is 2. The summed E-state index contributed by atoms with van der Waals surface area (Å²) in [6.45, 7) is 4.14. The second kappa shape index (κ2) is 10.1. The number of ether oxygens (including phenoxy) is 2. The fourth-order valence-corrected chi connectivity index (χ4v) is 4.24. The molecule has 0 amide bonds. The Morgan fingerprint density at radius 1 is 0.933 bits per heavy atom. The Balaban J connectivity index is 1.97. The predicted molar refractivity (Wildman–Crippen MR) is 120 cm³/mol. The zero-order valence-corrected chi connectivity index (χ0v) is 18.1. The number of thioether (sulfide) groups is 1. The summed E-state index contributed by atoms with van der Waals surface area (Å²) in [5.41, 5.74) is 4.35. The van der Waals surface area contributed by atoms with Crippen LogP contribution in [0.25, 0.3) is 11.1 Å². The van der Waals surface area contributed by atoms with E-state index in [0.29, 0.717) is 12.2 Å². The van der Waals surface area contributed by atoms with Crippen LogP contribution in [0.1, 0.15) is 33.7 Å². The maximum Gasteiger partial charge on any atom is 0.337 e. The van der Waals surface area contributed by atoms with Gasteiger partial charge in [-0.2, -0.15) is 0 Å². The Labute approximate surface area is 181 Å².